The van der Waals surface area contributed by atoms with E-state index in [1.54, 1.807) is 0 Å². The van der Waals surface area contributed by atoms with Crippen molar-refractivity contribution in [3.63, 3.8) is 0 Å². The van der Waals surface area contributed by atoms with Crippen molar-refractivity contribution in [3.05, 3.63) is 5.51 Å². The number of carboxylic acids is 1. The lowest BCUT2D eigenvalue weighted by Gasteiger charge is -1.94. The van der Waals surface area contributed by atoms with Crippen molar-refractivity contribution in [3.8, 4) is 0 Å². The summed E-state index contributed by atoms with van der Waals surface area (Å²) in [5.74, 6) is -4.57. The fourth-order valence-electron chi connectivity index (χ4n) is 0.479. The van der Waals surface area contributed by atoms with Gasteiger partial charge in [0.1, 0.15) is 5.51 Å². The molecule has 68 valence electrons. The van der Waals surface area contributed by atoms with Crippen LogP contribution in [-0.4, -0.2) is 33.0 Å². The molecule has 0 spiro atoms. The average Bonchev–Trinajstić information content (AvgIpc) is 2.55. The van der Waals surface area contributed by atoms with Crippen molar-refractivity contribution in [1.29, 1.82) is 0 Å². The molecule has 0 saturated carbocycles. The van der Waals surface area contributed by atoms with Gasteiger partial charge < -0.3 is 5.11 Å². The van der Waals surface area contributed by atoms with E-state index in [1.165, 1.54) is 5.51 Å². The molecule has 0 aromatic carbocycles. The van der Waals surface area contributed by atoms with Gasteiger partial charge in [-0.15, -0.1) is 10.2 Å². The number of Topliss-reactive ketones (excluding diaryl/α,β-unsaturated/α-hetero) is 1. The highest BCUT2D eigenvalue weighted by Gasteiger charge is 2.22. The van der Waals surface area contributed by atoms with Gasteiger partial charge >= 0.3 is 17.7 Å². The largest absolute Gasteiger partial charge is 0.475 e. The molecule has 0 aliphatic rings. The van der Waals surface area contributed by atoms with Crippen LogP contribution in [0.15, 0.2) is 5.51 Å². The van der Waals surface area contributed by atoms with Crippen LogP contribution < -0.4 is 5.32 Å². The molecule has 0 aliphatic carbocycles. The summed E-state index contributed by atoms with van der Waals surface area (Å²) >= 11 is 0.981. The Morgan fingerprint density at radius 2 is 2.15 bits per heavy atom. The fraction of sp³-hybridized carbons (Fsp3) is 0. The number of ketones is 1. The minimum absolute atomic E-state index is 0.0830. The smallest absolute Gasteiger partial charge is 0.382 e. The number of anilines is 1. The van der Waals surface area contributed by atoms with Crippen molar-refractivity contribution in [2.24, 2.45) is 0 Å². The summed E-state index contributed by atoms with van der Waals surface area (Å²) < 4.78 is 0. The standard InChI is InChI=1S/C5H3N3O4S/c9-2(4(11)12)3(10)7-5-8-6-1-13-5/h1H,(H,11,12)(H,7,8,10). The quantitative estimate of drug-likeness (QED) is 0.486. The number of nitrogens with one attached hydrogen (secondary N) is 1. The van der Waals surface area contributed by atoms with Crippen LogP contribution in [0.4, 0.5) is 5.13 Å². The molecule has 1 aromatic rings. The lowest BCUT2D eigenvalue weighted by molar-refractivity contribution is -0.152. The summed E-state index contributed by atoms with van der Waals surface area (Å²) in [6.45, 7) is 0. The Labute approximate surface area is 75.4 Å². The number of carbonyl (C=O) groups is 3. The molecule has 0 saturated heterocycles. The molecule has 1 amide bonds. The number of carbonyl (C=O) groups excluding carboxylic acids is 2. The maximum atomic E-state index is 10.7. The van der Waals surface area contributed by atoms with Crippen LogP contribution >= 0.6 is 11.3 Å². The number of aromatic nitrogens is 2. The molecule has 1 aromatic heterocycles. The second kappa shape index (κ2) is 3.72. The van der Waals surface area contributed by atoms with Gasteiger partial charge in [0.2, 0.25) is 5.13 Å². The van der Waals surface area contributed by atoms with E-state index in [9.17, 15) is 14.4 Å². The van der Waals surface area contributed by atoms with Gasteiger partial charge in [-0.1, -0.05) is 11.3 Å². The zero-order valence-corrected chi connectivity index (χ0v) is 6.87. The van der Waals surface area contributed by atoms with Gasteiger partial charge in [-0.25, -0.2) is 4.79 Å². The van der Waals surface area contributed by atoms with Gasteiger partial charge in [-0.05, 0) is 0 Å². The van der Waals surface area contributed by atoms with Gasteiger partial charge in [-0.3, -0.25) is 14.9 Å². The summed E-state index contributed by atoms with van der Waals surface area (Å²) in [4.78, 5) is 31.3. The molecule has 0 fully saturated rings. The minimum Gasteiger partial charge on any atom is -0.475 e. The molecule has 0 aliphatic heterocycles. The molecular weight excluding hydrogens is 198 g/mol. The molecule has 0 unspecified atom stereocenters. The van der Waals surface area contributed by atoms with Crippen molar-refractivity contribution in [2.45, 2.75) is 0 Å². The Balaban J connectivity index is 2.61. The average molecular weight is 201 g/mol. The van der Waals surface area contributed by atoms with E-state index >= 15 is 0 Å². The van der Waals surface area contributed by atoms with Crippen molar-refractivity contribution in [2.75, 3.05) is 5.32 Å². The maximum absolute atomic E-state index is 10.7. The monoisotopic (exact) mass is 201 g/mol. The Morgan fingerprint density at radius 1 is 1.46 bits per heavy atom. The first-order valence-electron chi connectivity index (χ1n) is 2.96. The second-order valence-electron chi connectivity index (χ2n) is 1.83. The Hall–Kier alpha value is -1.83. The lowest BCUT2D eigenvalue weighted by Crippen LogP contribution is -2.29. The summed E-state index contributed by atoms with van der Waals surface area (Å²) in [6.07, 6.45) is 0. The number of aliphatic carboxylic acids is 1. The first-order chi connectivity index (χ1) is 6.11. The van der Waals surface area contributed by atoms with Gasteiger partial charge in [0.25, 0.3) is 0 Å². The van der Waals surface area contributed by atoms with E-state index in [0.29, 0.717) is 0 Å². The van der Waals surface area contributed by atoms with Crippen LogP contribution in [-0.2, 0) is 14.4 Å². The molecule has 1 rings (SSSR count). The van der Waals surface area contributed by atoms with Crippen LogP contribution in [0.3, 0.4) is 0 Å². The first-order valence-corrected chi connectivity index (χ1v) is 3.84. The lowest BCUT2D eigenvalue weighted by atomic mass is 10.4. The predicted octanol–water partition coefficient (Wildman–Crippen LogP) is -0.870. The van der Waals surface area contributed by atoms with Gasteiger partial charge in [0.05, 0.1) is 0 Å². The second-order valence-corrected chi connectivity index (χ2v) is 2.67. The minimum atomic E-state index is -1.80. The Bertz CT molecular complexity index is 347. The Kier molecular flexibility index (Phi) is 2.65. The highest BCUT2D eigenvalue weighted by atomic mass is 32.1. The predicted molar refractivity (Wildman–Crippen MR) is 41.2 cm³/mol. The highest BCUT2D eigenvalue weighted by Crippen LogP contribution is 2.07. The zero-order valence-electron chi connectivity index (χ0n) is 6.05. The van der Waals surface area contributed by atoms with E-state index in [0.717, 1.165) is 11.3 Å². The number of amides is 1. The maximum Gasteiger partial charge on any atom is 0.382 e. The highest BCUT2D eigenvalue weighted by molar-refractivity contribution is 7.13. The van der Waals surface area contributed by atoms with E-state index in [4.69, 9.17) is 5.11 Å². The zero-order chi connectivity index (χ0) is 9.84. The summed E-state index contributed by atoms with van der Waals surface area (Å²) in [5.41, 5.74) is 1.33. The third kappa shape index (κ3) is 2.30. The third-order valence-corrected chi connectivity index (χ3v) is 1.59. The SMILES string of the molecule is O=C(O)C(=O)C(=O)Nc1nncs1. The van der Waals surface area contributed by atoms with Gasteiger partial charge in [-0.2, -0.15) is 0 Å². The number of rotatable bonds is 3. The van der Waals surface area contributed by atoms with Crippen LogP contribution in [0.2, 0.25) is 0 Å². The molecule has 7 nitrogen and oxygen atoms in total. The summed E-state index contributed by atoms with van der Waals surface area (Å²) in [5, 5.41) is 17.0. The van der Waals surface area contributed by atoms with Crippen LogP contribution in [0, 0.1) is 0 Å². The number of hydrogen-bond acceptors (Lipinski definition) is 6. The third-order valence-electron chi connectivity index (χ3n) is 0.981. The molecule has 0 radical (unpaired) electrons. The summed E-state index contributed by atoms with van der Waals surface area (Å²) in [7, 11) is 0. The van der Waals surface area contributed by atoms with Crippen molar-refractivity contribution in [1.82, 2.24) is 10.2 Å². The fourth-order valence-corrected chi connectivity index (χ4v) is 0.919. The van der Waals surface area contributed by atoms with Crippen LogP contribution in [0.25, 0.3) is 0 Å². The normalized spacial score (nSPS) is 9.23. The topological polar surface area (TPSA) is 109 Å². The molecule has 2 N–H and O–H groups in total. The number of carboxylic acid groups (broad SMARTS) is 1. The number of nitrogens with zero attached hydrogens (tertiary/aromatic N) is 2. The molecule has 13 heavy (non-hydrogen) atoms. The summed E-state index contributed by atoms with van der Waals surface area (Å²) in [6, 6.07) is 0. The van der Waals surface area contributed by atoms with E-state index in [2.05, 4.69) is 10.2 Å². The van der Waals surface area contributed by atoms with Gasteiger partial charge in [0.15, 0.2) is 0 Å². The van der Waals surface area contributed by atoms with Gasteiger partial charge in [0, 0.05) is 0 Å². The van der Waals surface area contributed by atoms with E-state index < -0.39 is 17.7 Å². The van der Waals surface area contributed by atoms with Crippen molar-refractivity contribution < 1.29 is 19.5 Å². The van der Waals surface area contributed by atoms with Crippen LogP contribution in [0.5, 0.6) is 0 Å². The van der Waals surface area contributed by atoms with Crippen LogP contribution in [0.1, 0.15) is 0 Å². The molecular formula is C5H3N3O4S. The van der Waals surface area contributed by atoms with Crippen molar-refractivity contribution >= 4 is 34.1 Å². The number of hydrogen-bond donors (Lipinski definition) is 2. The van der Waals surface area contributed by atoms with E-state index in [1.807, 2.05) is 5.32 Å². The molecule has 0 atom stereocenters. The van der Waals surface area contributed by atoms with E-state index in [-0.39, 0.29) is 5.13 Å². The Morgan fingerprint density at radius 3 is 2.62 bits per heavy atom. The first kappa shape index (κ1) is 9.26. The molecule has 1 heterocycles. The molecule has 0 bridgehead atoms. The molecule has 8 heteroatoms.